The molecule has 0 unspecified atom stereocenters. The first-order chi connectivity index (χ1) is 9.28. The van der Waals surface area contributed by atoms with Gasteiger partial charge < -0.3 is 15.7 Å². The summed E-state index contributed by atoms with van der Waals surface area (Å²) >= 11 is 0. The fourth-order valence-electron chi connectivity index (χ4n) is 1.72. The predicted octanol–water partition coefficient (Wildman–Crippen LogP) is 2.40. The summed E-state index contributed by atoms with van der Waals surface area (Å²) in [5.74, 6) is 0.747. The quantitative estimate of drug-likeness (QED) is 0.373. The lowest BCUT2D eigenvalue weighted by molar-refractivity contribution is 0.306. The first-order valence-corrected chi connectivity index (χ1v) is 6.00. The standard InChI is InChI=1S/C15H16N2O2/c16-15(17-18)11-19-14-8-6-13(7-9-14)10-12-4-2-1-3-5-12/h1-9,18H,10-11H2,(H2,16,17). The van der Waals surface area contributed by atoms with Gasteiger partial charge in [-0.25, -0.2) is 0 Å². The third kappa shape index (κ3) is 4.03. The van der Waals surface area contributed by atoms with Crippen LogP contribution in [0.15, 0.2) is 59.8 Å². The summed E-state index contributed by atoms with van der Waals surface area (Å²) in [6.45, 7) is 0.0779. The average Bonchev–Trinajstić information content (AvgIpc) is 2.47. The number of nitrogens with two attached hydrogens (primary N) is 1. The number of hydrogen-bond donors (Lipinski definition) is 2. The predicted molar refractivity (Wildman–Crippen MR) is 74.6 cm³/mol. The van der Waals surface area contributed by atoms with E-state index in [0.29, 0.717) is 5.75 Å². The summed E-state index contributed by atoms with van der Waals surface area (Å²) < 4.78 is 5.35. The van der Waals surface area contributed by atoms with Crippen LogP contribution in [0.4, 0.5) is 0 Å². The van der Waals surface area contributed by atoms with E-state index in [1.807, 2.05) is 42.5 Å². The first kappa shape index (κ1) is 13.0. The first-order valence-electron chi connectivity index (χ1n) is 6.00. The maximum absolute atomic E-state index is 8.40. The van der Waals surface area contributed by atoms with Crippen LogP contribution < -0.4 is 10.5 Å². The van der Waals surface area contributed by atoms with Gasteiger partial charge in [0, 0.05) is 0 Å². The van der Waals surface area contributed by atoms with Gasteiger partial charge in [-0.3, -0.25) is 0 Å². The third-order valence-electron chi connectivity index (χ3n) is 2.69. The van der Waals surface area contributed by atoms with Crippen LogP contribution in [0.25, 0.3) is 0 Å². The van der Waals surface area contributed by atoms with E-state index in [2.05, 4.69) is 17.3 Å². The molecule has 2 aromatic rings. The summed E-state index contributed by atoms with van der Waals surface area (Å²) in [5.41, 5.74) is 7.81. The van der Waals surface area contributed by atoms with E-state index in [4.69, 9.17) is 15.7 Å². The zero-order chi connectivity index (χ0) is 13.5. The van der Waals surface area contributed by atoms with Gasteiger partial charge >= 0.3 is 0 Å². The molecule has 0 atom stereocenters. The van der Waals surface area contributed by atoms with Gasteiger partial charge in [0.05, 0.1) is 0 Å². The molecular formula is C15H16N2O2. The second kappa shape index (κ2) is 6.44. The van der Waals surface area contributed by atoms with Crippen molar-refractivity contribution in [3.05, 3.63) is 65.7 Å². The second-order valence-corrected chi connectivity index (χ2v) is 4.19. The molecule has 0 bridgehead atoms. The smallest absolute Gasteiger partial charge is 0.177 e. The lowest BCUT2D eigenvalue weighted by Crippen LogP contribution is -2.20. The molecule has 0 aromatic heterocycles. The molecule has 0 aliphatic carbocycles. The van der Waals surface area contributed by atoms with Crippen molar-refractivity contribution in [2.75, 3.05) is 6.61 Å². The number of rotatable bonds is 5. The Morgan fingerprint density at radius 2 is 1.63 bits per heavy atom. The van der Waals surface area contributed by atoms with Gasteiger partial charge in [0.15, 0.2) is 5.84 Å². The molecule has 19 heavy (non-hydrogen) atoms. The molecule has 2 rings (SSSR count). The van der Waals surface area contributed by atoms with Gasteiger partial charge in [-0.15, -0.1) is 0 Å². The molecule has 0 fully saturated rings. The van der Waals surface area contributed by atoms with E-state index in [1.54, 1.807) is 0 Å². The van der Waals surface area contributed by atoms with E-state index in [1.165, 1.54) is 11.1 Å². The largest absolute Gasteiger partial charge is 0.486 e. The molecule has 0 spiro atoms. The van der Waals surface area contributed by atoms with Crippen LogP contribution in [-0.4, -0.2) is 17.6 Å². The molecule has 4 heteroatoms. The van der Waals surface area contributed by atoms with Crippen molar-refractivity contribution in [1.29, 1.82) is 0 Å². The van der Waals surface area contributed by atoms with Gasteiger partial charge in [0.25, 0.3) is 0 Å². The Labute approximate surface area is 112 Å². The highest BCUT2D eigenvalue weighted by atomic mass is 16.5. The molecule has 0 aliphatic heterocycles. The SMILES string of the molecule is NC(COc1ccc(Cc2ccccc2)cc1)=NO. The normalized spacial score (nSPS) is 11.3. The fourth-order valence-corrected chi connectivity index (χ4v) is 1.72. The van der Waals surface area contributed by atoms with E-state index in [0.717, 1.165) is 6.42 Å². The second-order valence-electron chi connectivity index (χ2n) is 4.19. The topological polar surface area (TPSA) is 67.8 Å². The highest BCUT2D eigenvalue weighted by Gasteiger charge is 1.99. The Bertz CT molecular complexity index is 536. The van der Waals surface area contributed by atoms with Crippen molar-refractivity contribution in [2.45, 2.75) is 6.42 Å². The van der Waals surface area contributed by atoms with Crippen LogP contribution in [-0.2, 0) is 6.42 Å². The Hall–Kier alpha value is -2.49. The Kier molecular flexibility index (Phi) is 4.39. The van der Waals surface area contributed by atoms with Crippen molar-refractivity contribution < 1.29 is 9.94 Å². The van der Waals surface area contributed by atoms with E-state index in [-0.39, 0.29) is 12.4 Å². The molecule has 2 aromatic carbocycles. The minimum absolute atomic E-state index is 0.0494. The lowest BCUT2D eigenvalue weighted by atomic mass is 10.1. The Morgan fingerprint density at radius 1 is 1.00 bits per heavy atom. The molecule has 3 N–H and O–H groups in total. The number of hydrogen-bond acceptors (Lipinski definition) is 3. The average molecular weight is 256 g/mol. The van der Waals surface area contributed by atoms with Crippen LogP contribution in [0, 0.1) is 0 Å². The van der Waals surface area contributed by atoms with E-state index < -0.39 is 0 Å². The summed E-state index contributed by atoms with van der Waals surface area (Å²) in [4.78, 5) is 0. The highest BCUT2D eigenvalue weighted by Crippen LogP contribution is 2.15. The van der Waals surface area contributed by atoms with Crippen molar-refractivity contribution in [3.63, 3.8) is 0 Å². The maximum Gasteiger partial charge on any atom is 0.177 e. The van der Waals surface area contributed by atoms with E-state index >= 15 is 0 Å². The highest BCUT2D eigenvalue weighted by molar-refractivity contribution is 5.81. The Morgan fingerprint density at radius 3 is 2.26 bits per heavy atom. The molecular weight excluding hydrogens is 240 g/mol. The summed E-state index contributed by atoms with van der Waals surface area (Å²) in [6, 6.07) is 18.0. The van der Waals surface area contributed by atoms with Crippen molar-refractivity contribution in [3.8, 4) is 5.75 Å². The number of nitrogens with zero attached hydrogens (tertiary/aromatic N) is 1. The van der Waals surface area contributed by atoms with Crippen LogP contribution in [0.5, 0.6) is 5.75 Å². The summed E-state index contributed by atoms with van der Waals surface area (Å²) in [7, 11) is 0. The Balaban J connectivity index is 1.95. The van der Waals surface area contributed by atoms with Gasteiger partial charge in [-0.05, 0) is 29.7 Å². The zero-order valence-electron chi connectivity index (χ0n) is 10.5. The number of amidine groups is 1. The summed E-state index contributed by atoms with van der Waals surface area (Å²) in [6.07, 6.45) is 0.890. The molecule has 0 saturated heterocycles. The van der Waals surface area contributed by atoms with Crippen LogP contribution in [0.2, 0.25) is 0 Å². The van der Waals surface area contributed by atoms with Gasteiger partial charge in [-0.1, -0.05) is 47.6 Å². The van der Waals surface area contributed by atoms with Crippen LogP contribution in [0.3, 0.4) is 0 Å². The third-order valence-corrected chi connectivity index (χ3v) is 2.69. The minimum Gasteiger partial charge on any atom is -0.486 e. The van der Waals surface area contributed by atoms with Crippen LogP contribution in [0.1, 0.15) is 11.1 Å². The van der Waals surface area contributed by atoms with Crippen LogP contribution >= 0.6 is 0 Å². The molecule has 0 saturated carbocycles. The van der Waals surface area contributed by atoms with Gasteiger partial charge in [0.1, 0.15) is 12.4 Å². The van der Waals surface area contributed by atoms with Crippen molar-refractivity contribution in [1.82, 2.24) is 0 Å². The van der Waals surface area contributed by atoms with E-state index in [9.17, 15) is 0 Å². The monoisotopic (exact) mass is 256 g/mol. The van der Waals surface area contributed by atoms with Crippen molar-refractivity contribution >= 4 is 5.84 Å². The molecule has 0 radical (unpaired) electrons. The molecule has 4 nitrogen and oxygen atoms in total. The maximum atomic E-state index is 8.40. The minimum atomic E-state index is 0.0494. The van der Waals surface area contributed by atoms with Gasteiger partial charge in [-0.2, -0.15) is 0 Å². The fraction of sp³-hybridized carbons (Fsp3) is 0.133. The molecule has 0 aliphatic rings. The number of benzene rings is 2. The van der Waals surface area contributed by atoms with Gasteiger partial charge in [0.2, 0.25) is 0 Å². The van der Waals surface area contributed by atoms with Crippen molar-refractivity contribution in [2.24, 2.45) is 10.9 Å². The lowest BCUT2D eigenvalue weighted by Gasteiger charge is -2.06. The molecule has 98 valence electrons. The molecule has 0 amide bonds. The summed E-state index contributed by atoms with van der Waals surface area (Å²) in [5, 5.41) is 11.3. The number of ether oxygens (including phenoxy) is 1. The molecule has 0 heterocycles. The zero-order valence-corrected chi connectivity index (χ0v) is 10.5. The number of oxime groups is 1.